The summed E-state index contributed by atoms with van der Waals surface area (Å²) in [6, 6.07) is 5.88. The van der Waals surface area contributed by atoms with Crippen LogP contribution in [0.1, 0.15) is 27.7 Å². The van der Waals surface area contributed by atoms with Crippen LogP contribution in [0.4, 0.5) is 5.69 Å². The Bertz CT molecular complexity index is 803. The number of rotatable bonds is 6. The fraction of sp³-hybridized carbons (Fsp3) is 0.412. The molecule has 2 rings (SSSR count). The summed E-state index contributed by atoms with van der Waals surface area (Å²) in [4.78, 5) is 23.8. The third kappa shape index (κ3) is 5.06. The van der Waals surface area contributed by atoms with Gasteiger partial charge >= 0.3 is 11.9 Å². The summed E-state index contributed by atoms with van der Waals surface area (Å²) < 4.78 is 36.7. The van der Waals surface area contributed by atoms with Crippen LogP contribution >= 0.6 is 0 Å². The van der Waals surface area contributed by atoms with E-state index in [4.69, 9.17) is 9.47 Å². The zero-order chi connectivity index (χ0) is 19.5. The number of ether oxygens (including phenoxy) is 2. The number of sulfonamides is 1. The Balaban J connectivity index is 2.08. The smallest absolute Gasteiger partial charge is 0.350 e. The van der Waals surface area contributed by atoms with E-state index in [9.17, 15) is 18.0 Å². The first kappa shape index (κ1) is 19.9. The summed E-state index contributed by atoms with van der Waals surface area (Å²) in [6.07, 6.45) is 1.17. The third-order valence-corrected chi connectivity index (χ3v) is 4.79. The molecule has 8 nitrogen and oxygen atoms in total. The van der Waals surface area contributed by atoms with Gasteiger partial charge < -0.3 is 14.8 Å². The summed E-state index contributed by atoms with van der Waals surface area (Å²) in [7, 11) is -3.58. The van der Waals surface area contributed by atoms with Crippen molar-refractivity contribution in [2.24, 2.45) is 5.92 Å². The lowest BCUT2D eigenvalue weighted by Gasteiger charge is -2.29. The third-order valence-electron chi connectivity index (χ3n) is 3.35. The van der Waals surface area contributed by atoms with E-state index in [0.29, 0.717) is 12.2 Å². The predicted molar refractivity (Wildman–Crippen MR) is 94.4 cm³/mol. The average molecular weight is 382 g/mol. The minimum absolute atomic E-state index is 0.120. The lowest BCUT2D eigenvalue weighted by molar-refractivity contribution is -0.222. The van der Waals surface area contributed by atoms with Crippen molar-refractivity contribution >= 4 is 27.6 Å². The molecule has 0 aromatic heterocycles. The van der Waals surface area contributed by atoms with Crippen molar-refractivity contribution in [2.75, 3.05) is 11.9 Å². The highest BCUT2D eigenvalue weighted by Gasteiger charge is 2.38. The van der Waals surface area contributed by atoms with Gasteiger partial charge in [-0.25, -0.2) is 22.7 Å². The second-order valence-electron chi connectivity index (χ2n) is 6.65. The Morgan fingerprint density at radius 2 is 1.62 bits per heavy atom. The van der Waals surface area contributed by atoms with Gasteiger partial charge in [-0.15, -0.1) is 0 Å². The number of carbonyl (C=O) groups excluding carboxylic acids is 2. The molecule has 0 aliphatic carbocycles. The lowest BCUT2D eigenvalue weighted by atomic mass is 10.2. The van der Waals surface area contributed by atoms with Crippen molar-refractivity contribution in [3.8, 4) is 0 Å². The number of anilines is 1. The van der Waals surface area contributed by atoms with E-state index in [1.54, 1.807) is 0 Å². The maximum absolute atomic E-state index is 12.1. The molecule has 1 fully saturated rings. The van der Waals surface area contributed by atoms with Crippen molar-refractivity contribution in [3.05, 3.63) is 36.0 Å². The zero-order valence-corrected chi connectivity index (χ0v) is 15.8. The fourth-order valence-electron chi connectivity index (χ4n) is 2.02. The predicted octanol–water partition coefficient (Wildman–Crippen LogP) is 1.75. The Morgan fingerprint density at radius 3 is 2.12 bits per heavy atom. The van der Waals surface area contributed by atoms with E-state index in [1.165, 1.54) is 44.3 Å². The van der Waals surface area contributed by atoms with Crippen molar-refractivity contribution in [2.45, 2.75) is 38.4 Å². The van der Waals surface area contributed by atoms with Gasteiger partial charge in [-0.05, 0) is 30.2 Å². The Hall–Kier alpha value is -2.39. The van der Waals surface area contributed by atoms with E-state index < -0.39 is 27.7 Å². The van der Waals surface area contributed by atoms with Crippen LogP contribution in [0.25, 0.3) is 0 Å². The van der Waals surface area contributed by atoms with Gasteiger partial charge in [-0.2, -0.15) is 0 Å². The molecule has 0 bridgehead atoms. The van der Waals surface area contributed by atoms with Gasteiger partial charge in [0.25, 0.3) is 5.79 Å². The highest BCUT2D eigenvalue weighted by atomic mass is 32.2. The van der Waals surface area contributed by atoms with Crippen LogP contribution in [-0.4, -0.2) is 32.7 Å². The quantitative estimate of drug-likeness (QED) is 0.438. The monoisotopic (exact) mass is 382 g/mol. The van der Waals surface area contributed by atoms with Crippen LogP contribution in [-0.2, 0) is 29.1 Å². The van der Waals surface area contributed by atoms with Gasteiger partial charge in [0.1, 0.15) is 0 Å². The normalized spacial score (nSPS) is 16.9. The molecular formula is C17H22N2O6S. The topological polar surface area (TPSA) is 111 Å². The molecule has 1 aromatic rings. The summed E-state index contributed by atoms with van der Waals surface area (Å²) >= 11 is 0. The zero-order valence-electron chi connectivity index (χ0n) is 15.0. The minimum atomic E-state index is -3.58. The molecule has 0 spiro atoms. The standard InChI is InChI=1S/C17H22N2O6S/c1-11(2)9-19-26(22,23)13-7-5-12(6-8-13)18-10-14-15(20)24-17(3,4)25-16(14)21/h5-8,10-11,18-19H,9H2,1-4H3. The van der Waals surface area contributed by atoms with Crippen LogP contribution in [0.5, 0.6) is 0 Å². The summed E-state index contributed by atoms with van der Waals surface area (Å²) in [5.41, 5.74) is 0.213. The number of esters is 2. The molecule has 0 amide bonds. The van der Waals surface area contributed by atoms with Gasteiger partial charge in [0.15, 0.2) is 5.57 Å². The molecule has 1 aromatic carbocycles. The van der Waals surface area contributed by atoms with E-state index in [-0.39, 0.29) is 16.4 Å². The molecule has 2 N–H and O–H groups in total. The molecule has 0 saturated carbocycles. The second kappa shape index (κ2) is 7.46. The van der Waals surface area contributed by atoms with E-state index in [0.717, 1.165) is 0 Å². The number of hydrogen-bond acceptors (Lipinski definition) is 7. The van der Waals surface area contributed by atoms with Crippen molar-refractivity contribution in [1.29, 1.82) is 0 Å². The first-order valence-corrected chi connectivity index (χ1v) is 9.51. The second-order valence-corrected chi connectivity index (χ2v) is 8.42. The van der Waals surface area contributed by atoms with Gasteiger partial charge in [-0.3, -0.25) is 0 Å². The Morgan fingerprint density at radius 1 is 1.08 bits per heavy atom. The first-order chi connectivity index (χ1) is 12.0. The molecular weight excluding hydrogens is 360 g/mol. The molecule has 0 radical (unpaired) electrons. The fourth-order valence-corrected chi connectivity index (χ4v) is 3.24. The van der Waals surface area contributed by atoms with Crippen LogP contribution in [0.2, 0.25) is 0 Å². The molecule has 0 unspecified atom stereocenters. The molecule has 26 heavy (non-hydrogen) atoms. The number of nitrogens with one attached hydrogen (secondary N) is 2. The minimum Gasteiger partial charge on any atom is -0.419 e. The molecule has 1 aliphatic heterocycles. The molecule has 1 saturated heterocycles. The van der Waals surface area contributed by atoms with Gasteiger partial charge in [0.2, 0.25) is 10.0 Å². The number of hydrogen-bond donors (Lipinski definition) is 2. The van der Waals surface area contributed by atoms with Gasteiger partial charge in [0.05, 0.1) is 4.90 Å². The Kier molecular flexibility index (Phi) is 5.72. The van der Waals surface area contributed by atoms with E-state index in [1.807, 2.05) is 13.8 Å². The van der Waals surface area contributed by atoms with E-state index in [2.05, 4.69) is 10.0 Å². The van der Waals surface area contributed by atoms with Gasteiger partial charge in [0, 0.05) is 32.3 Å². The van der Waals surface area contributed by atoms with Crippen LogP contribution < -0.4 is 10.0 Å². The largest absolute Gasteiger partial charge is 0.419 e. The molecule has 1 aliphatic rings. The van der Waals surface area contributed by atoms with E-state index >= 15 is 0 Å². The maximum Gasteiger partial charge on any atom is 0.350 e. The summed E-state index contributed by atoms with van der Waals surface area (Å²) in [6.45, 7) is 7.07. The Labute approximate surface area is 152 Å². The maximum atomic E-state index is 12.1. The highest BCUT2D eigenvalue weighted by molar-refractivity contribution is 7.89. The molecule has 142 valence electrons. The highest BCUT2D eigenvalue weighted by Crippen LogP contribution is 2.23. The van der Waals surface area contributed by atoms with Crippen LogP contribution in [0.3, 0.4) is 0 Å². The molecule has 1 heterocycles. The lowest BCUT2D eigenvalue weighted by Crippen LogP contribution is -2.42. The van der Waals surface area contributed by atoms with Crippen LogP contribution in [0, 0.1) is 5.92 Å². The molecule has 0 atom stereocenters. The molecule has 9 heteroatoms. The average Bonchev–Trinajstić information content (AvgIpc) is 2.51. The summed E-state index contributed by atoms with van der Waals surface area (Å²) in [5, 5.41) is 2.75. The van der Waals surface area contributed by atoms with Crippen LogP contribution in [0.15, 0.2) is 40.9 Å². The number of cyclic esters (lactones) is 2. The number of benzene rings is 1. The van der Waals surface area contributed by atoms with Gasteiger partial charge in [-0.1, -0.05) is 13.8 Å². The van der Waals surface area contributed by atoms with Crippen molar-refractivity contribution in [1.82, 2.24) is 4.72 Å². The van der Waals surface area contributed by atoms with Crippen molar-refractivity contribution in [3.63, 3.8) is 0 Å². The first-order valence-electron chi connectivity index (χ1n) is 8.03. The summed E-state index contributed by atoms with van der Waals surface area (Å²) in [5.74, 6) is -2.70. The van der Waals surface area contributed by atoms with Crippen molar-refractivity contribution < 1.29 is 27.5 Å². The SMILES string of the molecule is CC(C)CNS(=O)(=O)c1ccc(NC=C2C(=O)OC(C)(C)OC2=O)cc1. The number of carbonyl (C=O) groups is 2.